The normalized spacial score (nSPS) is 10.6. The standard InChI is InChI=1S/C15H15N3O/c1-16-12-5-7-14(8-6-12)19-11-13-10-18-9-3-2-4-15(18)17-13/h2-10,16H,11H2,1H3. The number of rotatable bonds is 4. The largest absolute Gasteiger partial charge is 0.487 e. The molecular formula is C15H15N3O. The van der Waals surface area contributed by atoms with Gasteiger partial charge in [-0.05, 0) is 36.4 Å². The van der Waals surface area contributed by atoms with Crippen molar-refractivity contribution in [1.82, 2.24) is 9.38 Å². The second kappa shape index (κ2) is 5.02. The highest BCUT2D eigenvalue weighted by Crippen LogP contribution is 2.16. The lowest BCUT2D eigenvalue weighted by atomic mass is 10.3. The van der Waals surface area contributed by atoms with Gasteiger partial charge in [-0.25, -0.2) is 4.98 Å². The monoisotopic (exact) mass is 253 g/mol. The third kappa shape index (κ3) is 2.52. The number of nitrogens with zero attached hydrogens (tertiary/aromatic N) is 2. The topological polar surface area (TPSA) is 38.6 Å². The zero-order valence-electron chi connectivity index (χ0n) is 10.7. The summed E-state index contributed by atoms with van der Waals surface area (Å²) in [5, 5.41) is 3.07. The van der Waals surface area contributed by atoms with Crippen LogP contribution in [0, 0.1) is 0 Å². The molecule has 0 saturated carbocycles. The van der Waals surface area contributed by atoms with Gasteiger partial charge in [0.05, 0.1) is 5.69 Å². The van der Waals surface area contributed by atoms with Crippen molar-refractivity contribution in [2.45, 2.75) is 6.61 Å². The summed E-state index contributed by atoms with van der Waals surface area (Å²) in [6.45, 7) is 0.473. The van der Waals surface area contributed by atoms with Crippen molar-refractivity contribution in [2.24, 2.45) is 0 Å². The molecule has 0 aliphatic carbocycles. The quantitative estimate of drug-likeness (QED) is 0.777. The van der Waals surface area contributed by atoms with E-state index in [1.54, 1.807) is 0 Å². The van der Waals surface area contributed by atoms with E-state index in [2.05, 4.69) is 10.3 Å². The SMILES string of the molecule is CNc1ccc(OCc2cn3ccccc3n2)cc1. The van der Waals surface area contributed by atoms with Gasteiger partial charge in [0.2, 0.25) is 0 Å². The summed E-state index contributed by atoms with van der Waals surface area (Å²) in [6.07, 6.45) is 3.96. The Labute approximate surface area is 111 Å². The number of nitrogens with one attached hydrogen (secondary N) is 1. The average molecular weight is 253 g/mol. The molecule has 19 heavy (non-hydrogen) atoms. The summed E-state index contributed by atoms with van der Waals surface area (Å²) in [4.78, 5) is 4.49. The van der Waals surface area contributed by atoms with E-state index in [4.69, 9.17) is 4.74 Å². The van der Waals surface area contributed by atoms with Crippen LogP contribution < -0.4 is 10.1 Å². The predicted molar refractivity (Wildman–Crippen MR) is 75.5 cm³/mol. The maximum Gasteiger partial charge on any atom is 0.137 e. The van der Waals surface area contributed by atoms with Crippen molar-refractivity contribution in [3.63, 3.8) is 0 Å². The smallest absolute Gasteiger partial charge is 0.137 e. The van der Waals surface area contributed by atoms with E-state index >= 15 is 0 Å². The number of hydrogen-bond acceptors (Lipinski definition) is 3. The van der Waals surface area contributed by atoms with Crippen LogP contribution in [0.1, 0.15) is 5.69 Å². The Balaban J connectivity index is 1.70. The highest BCUT2D eigenvalue weighted by atomic mass is 16.5. The zero-order valence-corrected chi connectivity index (χ0v) is 10.7. The van der Waals surface area contributed by atoms with Gasteiger partial charge in [0.1, 0.15) is 18.0 Å². The molecule has 0 bridgehead atoms. The van der Waals surface area contributed by atoms with Crippen LogP contribution in [0.5, 0.6) is 5.75 Å². The lowest BCUT2D eigenvalue weighted by Gasteiger charge is -2.05. The zero-order chi connectivity index (χ0) is 13.1. The molecule has 0 unspecified atom stereocenters. The van der Waals surface area contributed by atoms with Crippen LogP contribution in [0.2, 0.25) is 0 Å². The Morgan fingerprint density at radius 3 is 2.74 bits per heavy atom. The molecule has 4 nitrogen and oxygen atoms in total. The van der Waals surface area contributed by atoms with Crippen molar-refractivity contribution < 1.29 is 4.74 Å². The molecule has 1 aromatic carbocycles. The van der Waals surface area contributed by atoms with E-state index < -0.39 is 0 Å². The number of benzene rings is 1. The molecular weight excluding hydrogens is 238 g/mol. The van der Waals surface area contributed by atoms with Crippen LogP contribution >= 0.6 is 0 Å². The lowest BCUT2D eigenvalue weighted by molar-refractivity contribution is 0.302. The van der Waals surface area contributed by atoms with Gasteiger partial charge >= 0.3 is 0 Å². The summed E-state index contributed by atoms with van der Waals surface area (Å²) in [5.41, 5.74) is 2.93. The number of pyridine rings is 1. The number of ether oxygens (including phenoxy) is 1. The molecule has 96 valence electrons. The van der Waals surface area contributed by atoms with Crippen molar-refractivity contribution in [3.05, 3.63) is 60.6 Å². The van der Waals surface area contributed by atoms with Gasteiger partial charge in [0, 0.05) is 25.1 Å². The van der Waals surface area contributed by atoms with Crippen molar-refractivity contribution in [1.29, 1.82) is 0 Å². The molecule has 4 heteroatoms. The van der Waals surface area contributed by atoms with E-state index in [1.165, 1.54) is 0 Å². The van der Waals surface area contributed by atoms with Crippen molar-refractivity contribution in [2.75, 3.05) is 12.4 Å². The molecule has 2 heterocycles. The molecule has 0 aliphatic rings. The number of imidazole rings is 1. The number of aromatic nitrogens is 2. The number of hydrogen-bond donors (Lipinski definition) is 1. The molecule has 0 spiro atoms. The third-order valence-corrected chi connectivity index (χ3v) is 2.94. The first-order valence-electron chi connectivity index (χ1n) is 6.18. The molecule has 0 atom stereocenters. The molecule has 0 fully saturated rings. The van der Waals surface area contributed by atoms with E-state index in [9.17, 15) is 0 Å². The first kappa shape index (κ1) is 11.6. The average Bonchev–Trinajstić information content (AvgIpc) is 2.88. The van der Waals surface area contributed by atoms with Gasteiger partial charge in [-0.1, -0.05) is 6.07 Å². The van der Waals surface area contributed by atoms with Crippen LogP contribution in [0.25, 0.3) is 5.65 Å². The fourth-order valence-corrected chi connectivity index (χ4v) is 1.93. The van der Waals surface area contributed by atoms with Crippen LogP contribution in [-0.2, 0) is 6.61 Å². The maximum absolute atomic E-state index is 5.72. The minimum atomic E-state index is 0.473. The summed E-state index contributed by atoms with van der Waals surface area (Å²) >= 11 is 0. The second-order valence-corrected chi connectivity index (χ2v) is 4.26. The third-order valence-electron chi connectivity index (χ3n) is 2.94. The summed E-state index contributed by atoms with van der Waals surface area (Å²) < 4.78 is 7.71. The Morgan fingerprint density at radius 1 is 1.16 bits per heavy atom. The summed E-state index contributed by atoms with van der Waals surface area (Å²) in [6, 6.07) is 13.8. The highest BCUT2D eigenvalue weighted by Gasteiger charge is 2.01. The summed E-state index contributed by atoms with van der Waals surface area (Å²) in [5.74, 6) is 0.844. The first-order valence-corrected chi connectivity index (χ1v) is 6.18. The Kier molecular flexibility index (Phi) is 3.06. The van der Waals surface area contributed by atoms with Gasteiger partial charge in [-0.3, -0.25) is 0 Å². The van der Waals surface area contributed by atoms with Gasteiger partial charge in [-0.2, -0.15) is 0 Å². The van der Waals surface area contributed by atoms with Crippen LogP contribution in [0.3, 0.4) is 0 Å². The molecule has 2 aromatic heterocycles. The minimum absolute atomic E-state index is 0.473. The first-order chi connectivity index (χ1) is 9.35. The van der Waals surface area contributed by atoms with Crippen LogP contribution in [0.15, 0.2) is 54.9 Å². The highest BCUT2D eigenvalue weighted by molar-refractivity contribution is 5.45. The van der Waals surface area contributed by atoms with E-state index in [0.717, 1.165) is 22.8 Å². The fraction of sp³-hybridized carbons (Fsp3) is 0.133. The van der Waals surface area contributed by atoms with E-state index in [-0.39, 0.29) is 0 Å². The van der Waals surface area contributed by atoms with Crippen LogP contribution in [-0.4, -0.2) is 16.4 Å². The van der Waals surface area contributed by atoms with Crippen molar-refractivity contribution in [3.8, 4) is 5.75 Å². The maximum atomic E-state index is 5.72. The van der Waals surface area contributed by atoms with Gasteiger partial charge in [0.25, 0.3) is 0 Å². The molecule has 0 amide bonds. The van der Waals surface area contributed by atoms with Gasteiger partial charge in [0.15, 0.2) is 0 Å². The fourth-order valence-electron chi connectivity index (χ4n) is 1.93. The lowest BCUT2D eigenvalue weighted by Crippen LogP contribution is -1.95. The Bertz CT molecular complexity index is 640. The molecule has 3 aromatic rings. The van der Waals surface area contributed by atoms with Gasteiger partial charge in [-0.15, -0.1) is 0 Å². The van der Waals surface area contributed by atoms with Crippen molar-refractivity contribution >= 4 is 11.3 Å². The summed E-state index contributed by atoms with van der Waals surface area (Å²) in [7, 11) is 1.90. The van der Waals surface area contributed by atoms with E-state index in [1.807, 2.05) is 66.3 Å². The van der Waals surface area contributed by atoms with Gasteiger partial charge < -0.3 is 14.5 Å². The number of anilines is 1. The van der Waals surface area contributed by atoms with Crippen LogP contribution in [0.4, 0.5) is 5.69 Å². The minimum Gasteiger partial charge on any atom is -0.487 e. The molecule has 0 saturated heterocycles. The molecule has 0 radical (unpaired) electrons. The number of fused-ring (bicyclic) bond motifs is 1. The molecule has 0 aliphatic heterocycles. The Hall–Kier alpha value is -2.49. The second-order valence-electron chi connectivity index (χ2n) is 4.26. The molecule has 3 rings (SSSR count). The Morgan fingerprint density at radius 2 is 2.00 bits per heavy atom. The molecule has 1 N–H and O–H groups in total. The predicted octanol–water partition coefficient (Wildman–Crippen LogP) is 2.96. The van der Waals surface area contributed by atoms with E-state index in [0.29, 0.717) is 6.61 Å².